The van der Waals surface area contributed by atoms with Crippen molar-refractivity contribution in [2.75, 3.05) is 13.1 Å². The lowest BCUT2D eigenvalue weighted by Gasteiger charge is -2.21. The summed E-state index contributed by atoms with van der Waals surface area (Å²) >= 11 is 0. The van der Waals surface area contributed by atoms with Crippen molar-refractivity contribution in [1.82, 2.24) is 5.32 Å². The number of nitrogens with one attached hydrogen (secondary N) is 1. The van der Waals surface area contributed by atoms with Crippen molar-refractivity contribution in [3.05, 3.63) is 12.2 Å². The van der Waals surface area contributed by atoms with Crippen molar-refractivity contribution >= 4 is 0 Å². The predicted molar refractivity (Wildman–Crippen MR) is 47.5 cm³/mol. The molecule has 1 aliphatic heterocycles. The van der Waals surface area contributed by atoms with Crippen molar-refractivity contribution in [1.29, 1.82) is 0 Å². The van der Waals surface area contributed by atoms with E-state index in [1.807, 2.05) is 0 Å². The van der Waals surface area contributed by atoms with Crippen LogP contribution in [0.15, 0.2) is 12.2 Å². The zero-order valence-electron chi connectivity index (χ0n) is 7.05. The minimum atomic E-state index is 0.902. The lowest BCUT2D eigenvalue weighted by molar-refractivity contribution is 0.384. The molecule has 0 amide bonds. The van der Waals surface area contributed by atoms with Crippen LogP contribution in [0.4, 0.5) is 0 Å². The lowest BCUT2D eigenvalue weighted by atomic mass is 9.84. The monoisotopic (exact) mass is 151 g/mol. The molecular weight excluding hydrogens is 134 g/mol. The van der Waals surface area contributed by atoms with Crippen LogP contribution < -0.4 is 5.32 Å². The van der Waals surface area contributed by atoms with Gasteiger partial charge < -0.3 is 5.32 Å². The third-order valence-corrected chi connectivity index (χ3v) is 3.00. The van der Waals surface area contributed by atoms with Gasteiger partial charge in [-0.3, -0.25) is 0 Å². The van der Waals surface area contributed by atoms with Crippen LogP contribution in [-0.4, -0.2) is 13.1 Å². The number of hydrogen-bond donors (Lipinski definition) is 1. The quantitative estimate of drug-likeness (QED) is 0.565. The second kappa shape index (κ2) is 3.40. The molecule has 1 fully saturated rings. The topological polar surface area (TPSA) is 12.0 Å². The predicted octanol–water partition coefficient (Wildman–Crippen LogP) is 1.95. The summed E-state index contributed by atoms with van der Waals surface area (Å²) in [5, 5.41) is 3.44. The van der Waals surface area contributed by atoms with Gasteiger partial charge in [0.15, 0.2) is 0 Å². The Bertz CT molecular complexity index is 145. The molecule has 1 saturated heterocycles. The molecule has 11 heavy (non-hydrogen) atoms. The summed E-state index contributed by atoms with van der Waals surface area (Å²) in [6.45, 7) is 2.50. The molecule has 0 aromatic rings. The molecule has 2 atom stereocenters. The molecule has 2 rings (SSSR count). The number of allylic oxidation sites excluding steroid dienone is 2. The second-order valence-electron chi connectivity index (χ2n) is 3.78. The van der Waals surface area contributed by atoms with Gasteiger partial charge in [-0.1, -0.05) is 12.2 Å². The number of hydrogen-bond acceptors (Lipinski definition) is 1. The first kappa shape index (κ1) is 7.35. The van der Waals surface area contributed by atoms with E-state index in [1.165, 1.54) is 38.8 Å². The minimum absolute atomic E-state index is 0.902. The van der Waals surface area contributed by atoms with E-state index in [-0.39, 0.29) is 0 Å². The Morgan fingerprint density at radius 2 is 2.27 bits per heavy atom. The Kier molecular flexibility index (Phi) is 2.27. The average molecular weight is 151 g/mol. The lowest BCUT2D eigenvalue weighted by Crippen LogP contribution is -2.17. The molecule has 62 valence electrons. The Labute approximate surface area is 68.9 Å². The zero-order valence-corrected chi connectivity index (χ0v) is 7.05. The molecule has 1 N–H and O–H groups in total. The summed E-state index contributed by atoms with van der Waals surface area (Å²) < 4.78 is 0. The highest BCUT2D eigenvalue weighted by atomic mass is 14.9. The van der Waals surface area contributed by atoms with Crippen molar-refractivity contribution in [3.63, 3.8) is 0 Å². The van der Waals surface area contributed by atoms with E-state index in [1.54, 1.807) is 0 Å². The zero-order chi connectivity index (χ0) is 7.52. The van der Waals surface area contributed by atoms with Crippen molar-refractivity contribution in [2.45, 2.75) is 25.7 Å². The molecular formula is C10H17N. The van der Waals surface area contributed by atoms with Crippen LogP contribution in [0, 0.1) is 11.8 Å². The van der Waals surface area contributed by atoms with E-state index in [9.17, 15) is 0 Å². The summed E-state index contributed by atoms with van der Waals surface area (Å²) in [7, 11) is 0. The van der Waals surface area contributed by atoms with Crippen molar-refractivity contribution < 1.29 is 0 Å². The first-order chi connectivity index (χ1) is 5.47. The molecule has 1 heterocycles. The molecule has 0 aromatic heterocycles. The smallest absolute Gasteiger partial charge is 0.00144 e. The van der Waals surface area contributed by atoms with Gasteiger partial charge in [-0.2, -0.15) is 0 Å². The van der Waals surface area contributed by atoms with Crippen LogP contribution in [0.5, 0.6) is 0 Å². The summed E-state index contributed by atoms with van der Waals surface area (Å²) in [6.07, 6.45) is 10.4. The first-order valence-corrected chi connectivity index (χ1v) is 4.84. The normalized spacial score (nSPS) is 37.8. The fraction of sp³-hybridized carbons (Fsp3) is 0.800. The van der Waals surface area contributed by atoms with Crippen LogP contribution in [0.1, 0.15) is 25.7 Å². The van der Waals surface area contributed by atoms with Crippen LogP contribution in [0.2, 0.25) is 0 Å². The molecule has 0 saturated carbocycles. The first-order valence-electron chi connectivity index (χ1n) is 4.84. The molecule has 0 spiro atoms. The SMILES string of the molecule is C1=CC(C2CCNC2)CCC1. The maximum Gasteiger partial charge on any atom is -0.00144 e. The van der Waals surface area contributed by atoms with Gasteiger partial charge in [-0.05, 0) is 50.6 Å². The van der Waals surface area contributed by atoms with E-state index in [0.717, 1.165) is 11.8 Å². The third kappa shape index (κ3) is 1.64. The van der Waals surface area contributed by atoms with Crippen LogP contribution in [0.25, 0.3) is 0 Å². The fourth-order valence-electron chi connectivity index (χ4n) is 2.27. The summed E-state index contributed by atoms with van der Waals surface area (Å²) in [6, 6.07) is 0. The Balaban J connectivity index is 1.91. The third-order valence-electron chi connectivity index (χ3n) is 3.00. The Morgan fingerprint density at radius 3 is 2.91 bits per heavy atom. The maximum atomic E-state index is 3.44. The molecule has 0 bridgehead atoms. The van der Waals surface area contributed by atoms with Crippen molar-refractivity contribution in [3.8, 4) is 0 Å². The Morgan fingerprint density at radius 1 is 1.27 bits per heavy atom. The van der Waals surface area contributed by atoms with E-state index < -0.39 is 0 Å². The highest BCUT2D eigenvalue weighted by molar-refractivity contribution is 4.97. The van der Waals surface area contributed by atoms with Gasteiger partial charge >= 0.3 is 0 Å². The minimum Gasteiger partial charge on any atom is -0.316 e. The summed E-state index contributed by atoms with van der Waals surface area (Å²) in [5.74, 6) is 1.85. The van der Waals surface area contributed by atoms with Crippen LogP contribution >= 0.6 is 0 Å². The molecule has 0 radical (unpaired) electrons. The van der Waals surface area contributed by atoms with E-state index in [2.05, 4.69) is 17.5 Å². The second-order valence-corrected chi connectivity index (χ2v) is 3.78. The molecule has 2 unspecified atom stereocenters. The summed E-state index contributed by atoms with van der Waals surface area (Å²) in [5.41, 5.74) is 0. The van der Waals surface area contributed by atoms with Crippen LogP contribution in [-0.2, 0) is 0 Å². The maximum absolute atomic E-state index is 3.44. The van der Waals surface area contributed by atoms with E-state index in [4.69, 9.17) is 0 Å². The molecule has 1 nitrogen and oxygen atoms in total. The van der Waals surface area contributed by atoms with Crippen LogP contribution in [0.3, 0.4) is 0 Å². The van der Waals surface area contributed by atoms with Gasteiger partial charge in [-0.25, -0.2) is 0 Å². The molecule has 1 aliphatic carbocycles. The largest absolute Gasteiger partial charge is 0.316 e. The van der Waals surface area contributed by atoms with Gasteiger partial charge in [0.05, 0.1) is 0 Å². The van der Waals surface area contributed by atoms with E-state index in [0.29, 0.717) is 0 Å². The number of rotatable bonds is 1. The van der Waals surface area contributed by atoms with Gasteiger partial charge in [0.25, 0.3) is 0 Å². The standard InChI is InChI=1S/C10H17N/c1-2-4-9(5-3-1)10-6-7-11-8-10/h2,4,9-11H,1,3,5-8H2. The Hall–Kier alpha value is -0.300. The van der Waals surface area contributed by atoms with Crippen molar-refractivity contribution in [2.24, 2.45) is 11.8 Å². The molecule has 0 aromatic carbocycles. The van der Waals surface area contributed by atoms with E-state index >= 15 is 0 Å². The van der Waals surface area contributed by atoms with Gasteiger partial charge in [0.2, 0.25) is 0 Å². The van der Waals surface area contributed by atoms with Gasteiger partial charge in [-0.15, -0.1) is 0 Å². The fourth-order valence-corrected chi connectivity index (χ4v) is 2.27. The summed E-state index contributed by atoms with van der Waals surface area (Å²) in [4.78, 5) is 0. The highest BCUT2D eigenvalue weighted by Crippen LogP contribution is 2.28. The molecule has 1 heteroatoms. The highest BCUT2D eigenvalue weighted by Gasteiger charge is 2.23. The van der Waals surface area contributed by atoms with Gasteiger partial charge in [0, 0.05) is 0 Å². The van der Waals surface area contributed by atoms with Gasteiger partial charge in [0.1, 0.15) is 0 Å². The molecule has 2 aliphatic rings. The average Bonchev–Trinajstić information content (AvgIpc) is 2.58.